The highest BCUT2D eigenvalue weighted by Gasteiger charge is 2.09. The Morgan fingerprint density at radius 1 is 1.03 bits per heavy atom. The molecule has 0 unspecified atom stereocenters. The van der Waals surface area contributed by atoms with Gasteiger partial charge < -0.3 is 10.1 Å². The van der Waals surface area contributed by atoms with Crippen LogP contribution >= 0.6 is 11.6 Å². The number of hydrogen-bond acceptors (Lipinski definition) is 4. The Hall–Kier alpha value is -3.38. The second kappa shape index (κ2) is 10.4. The number of carbonyl (C=O) groups is 2. The Morgan fingerprint density at radius 3 is 2.63 bits per heavy atom. The van der Waals surface area contributed by atoms with Crippen LogP contribution in [0.3, 0.4) is 0 Å². The molecule has 0 radical (unpaired) electrons. The first-order chi connectivity index (χ1) is 14.6. The minimum atomic E-state index is -0.356. The molecule has 6 nitrogen and oxygen atoms in total. The van der Waals surface area contributed by atoms with Gasteiger partial charge in [-0.3, -0.25) is 9.59 Å². The summed E-state index contributed by atoms with van der Waals surface area (Å²) < 4.78 is 5.68. The van der Waals surface area contributed by atoms with E-state index in [2.05, 4.69) is 15.8 Å². The Morgan fingerprint density at radius 2 is 1.83 bits per heavy atom. The molecule has 2 N–H and O–H groups in total. The Kier molecular flexibility index (Phi) is 7.40. The Bertz CT molecular complexity index is 1080. The average molecular weight is 424 g/mol. The van der Waals surface area contributed by atoms with Gasteiger partial charge in [-0.05, 0) is 42.0 Å². The van der Waals surface area contributed by atoms with Crippen molar-refractivity contribution in [2.24, 2.45) is 5.10 Å². The largest absolute Gasteiger partial charge is 0.493 e. The van der Waals surface area contributed by atoms with Crippen LogP contribution in [-0.4, -0.2) is 24.6 Å². The molecule has 0 aliphatic carbocycles. The summed E-state index contributed by atoms with van der Waals surface area (Å²) in [5, 5.41) is 9.31. The van der Waals surface area contributed by atoms with E-state index < -0.39 is 0 Å². The number of hydrogen-bond donors (Lipinski definition) is 2. The zero-order chi connectivity index (χ0) is 21.3. The van der Waals surface area contributed by atoms with E-state index in [1.807, 2.05) is 43.3 Å². The van der Waals surface area contributed by atoms with Gasteiger partial charge in [-0.1, -0.05) is 48.0 Å². The summed E-state index contributed by atoms with van der Waals surface area (Å²) in [4.78, 5) is 24.1. The maximum absolute atomic E-state index is 12.1. The number of ether oxygens (including phenoxy) is 1. The highest BCUT2D eigenvalue weighted by Crippen LogP contribution is 2.26. The fourth-order valence-corrected chi connectivity index (χ4v) is 3.12. The van der Waals surface area contributed by atoms with Gasteiger partial charge in [0.25, 0.3) is 0 Å². The van der Waals surface area contributed by atoms with Crippen molar-refractivity contribution in [2.45, 2.75) is 19.8 Å². The number of fused-ring (bicyclic) bond motifs is 1. The lowest BCUT2D eigenvalue weighted by Crippen LogP contribution is -2.20. The molecule has 3 aromatic carbocycles. The molecule has 3 aromatic rings. The highest BCUT2D eigenvalue weighted by atomic mass is 35.5. The standard InChI is InChI=1S/C23H22ClN3O3/c1-2-30-21-11-10-16-6-3-4-9-19(16)20(21)15-25-27-23(29)13-12-22(28)26-18-8-5-7-17(24)14-18/h3-11,14-15H,2,12-13H2,1H3,(H,26,28)(H,27,29). The van der Waals surface area contributed by atoms with E-state index in [0.717, 1.165) is 16.3 Å². The lowest BCUT2D eigenvalue weighted by atomic mass is 10.0. The fraction of sp³-hybridized carbons (Fsp3) is 0.174. The zero-order valence-electron chi connectivity index (χ0n) is 16.5. The summed E-state index contributed by atoms with van der Waals surface area (Å²) in [6.45, 7) is 2.43. The fourth-order valence-electron chi connectivity index (χ4n) is 2.93. The first-order valence-electron chi connectivity index (χ1n) is 9.58. The van der Waals surface area contributed by atoms with Crippen molar-refractivity contribution in [1.29, 1.82) is 0 Å². The number of halogens is 1. The van der Waals surface area contributed by atoms with Gasteiger partial charge in [-0.15, -0.1) is 0 Å². The number of amides is 2. The number of hydrazone groups is 1. The molecule has 3 rings (SSSR count). The molecule has 0 heterocycles. The molecule has 0 spiro atoms. The molecular weight excluding hydrogens is 402 g/mol. The molecule has 0 aliphatic rings. The number of nitrogens with one attached hydrogen (secondary N) is 2. The van der Waals surface area contributed by atoms with Gasteiger partial charge in [-0.2, -0.15) is 5.10 Å². The summed E-state index contributed by atoms with van der Waals surface area (Å²) in [6, 6.07) is 18.6. The van der Waals surface area contributed by atoms with Gasteiger partial charge in [0.05, 0.1) is 12.8 Å². The van der Waals surface area contributed by atoms with Gasteiger partial charge in [0.1, 0.15) is 5.75 Å². The monoisotopic (exact) mass is 423 g/mol. The topological polar surface area (TPSA) is 79.8 Å². The summed E-state index contributed by atoms with van der Waals surface area (Å²) >= 11 is 5.89. The molecular formula is C23H22ClN3O3. The SMILES string of the molecule is CCOc1ccc2ccccc2c1C=NNC(=O)CCC(=O)Nc1cccc(Cl)c1. The van der Waals surface area contributed by atoms with Crippen LogP contribution in [-0.2, 0) is 9.59 Å². The summed E-state index contributed by atoms with van der Waals surface area (Å²) in [5.74, 6) is 0.0601. The molecule has 0 aromatic heterocycles. The van der Waals surface area contributed by atoms with Crippen LogP contribution in [0.25, 0.3) is 10.8 Å². The molecule has 0 saturated carbocycles. The van der Waals surface area contributed by atoms with Gasteiger partial charge >= 0.3 is 0 Å². The van der Waals surface area contributed by atoms with Crippen molar-refractivity contribution in [3.8, 4) is 5.75 Å². The highest BCUT2D eigenvalue weighted by molar-refractivity contribution is 6.30. The number of nitrogens with zero attached hydrogens (tertiary/aromatic N) is 1. The van der Waals surface area contributed by atoms with Crippen molar-refractivity contribution in [3.05, 3.63) is 71.2 Å². The number of anilines is 1. The molecule has 30 heavy (non-hydrogen) atoms. The normalized spacial score (nSPS) is 10.9. The van der Waals surface area contributed by atoms with Crippen LogP contribution < -0.4 is 15.5 Å². The summed E-state index contributed by atoms with van der Waals surface area (Å²) in [6.07, 6.45) is 1.61. The van der Waals surface area contributed by atoms with Crippen LogP contribution in [0.4, 0.5) is 5.69 Å². The lowest BCUT2D eigenvalue weighted by molar-refractivity contribution is -0.124. The number of carbonyl (C=O) groups excluding carboxylic acids is 2. The third-order valence-electron chi connectivity index (χ3n) is 4.30. The van der Waals surface area contributed by atoms with Crippen molar-refractivity contribution in [2.75, 3.05) is 11.9 Å². The zero-order valence-corrected chi connectivity index (χ0v) is 17.3. The molecule has 0 fully saturated rings. The molecule has 154 valence electrons. The predicted octanol–water partition coefficient (Wildman–Crippen LogP) is 4.76. The van der Waals surface area contributed by atoms with E-state index in [9.17, 15) is 9.59 Å². The molecule has 0 aliphatic heterocycles. The first-order valence-corrected chi connectivity index (χ1v) is 9.96. The molecule has 0 bridgehead atoms. The number of benzene rings is 3. The summed E-state index contributed by atoms with van der Waals surface area (Å²) in [7, 11) is 0. The third-order valence-corrected chi connectivity index (χ3v) is 4.54. The third kappa shape index (κ3) is 5.81. The average Bonchev–Trinajstić information content (AvgIpc) is 2.74. The molecule has 2 amide bonds. The van der Waals surface area contributed by atoms with Gasteiger partial charge in [0, 0.05) is 29.1 Å². The van der Waals surface area contributed by atoms with Crippen LogP contribution in [0, 0.1) is 0 Å². The van der Waals surface area contributed by atoms with Gasteiger partial charge in [0.2, 0.25) is 11.8 Å². The van der Waals surface area contributed by atoms with Gasteiger partial charge in [0.15, 0.2) is 0 Å². The van der Waals surface area contributed by atoms with E-state index in [0.29, 0.717) is 23.1 Å². The van der Waals surface area contributed by atoms with Crippen LogP contribution in [0.2, 0.25) is 5.02 Å². The van der Waals surface area contributed by atoms with E-state index in [1.54, 1.807) is 30.5 Å². The first kappa shape index (κ1) is 21.3. The van der Waals surface area contributed by atoms with Crippen LogP contribution in [0.15, 0.2) is 65.8 Å². The van der Waals surface area contributed by atoms with Gasteiger partial charge in [-0.25, -0.2) is 5.43 Å². The Balaban J connectivity index is 1.58. The van der Waals surface area contributed by atoms with Crippen molar-refractivity contribution in [1.82, 2.24) is 5.43 Å². The van der Waals surface area contributed by atoms with Crippen molar-refractivity contribution < 1.29 is 14.3 Å². The van der Waals surface area contributed by atoms with E-state index in [-0.39, 0.29) is 24.7 Å². The minimum absolute atomic E-state index is 0.0115. The Labute approximate surface area is 179 Å². The van der Waals surface area contributed by atoms with Crippen molar-refractivity contribution in [3.63, 3.8) is 0 Å². The number of rotatable bonds is 8. The predicted molar refractivity (Wildman–Crippen MR) is 120 cm³/mol. The smallest absolute Gasteiger partial charge is 0.240 e. The molecule has 0 saturated heterocycles. The minimum Gasteiger partial charge on any atom is -0.493 e. The lowest BCUT2D eigenvalue weighted by Gasteiger charge is -2.10. The van der Waals surface area contributed by atoms with Crippen molar-refractivity contribution >= 4 is 46.1 Å². The second-order valence-corrected chi connectivity index (χ2v) is 6.92. The van der Waals surface area contributed by atoms with E-state index in [4.69, 9.17) is 16.3 Å². The maximum atomic E-state index is 12.1. The van der Waals surface area contributed by atoms with E-state index >= 15 is 0 Å². The molecule has 0 atom stereocenters. The summed E-state index contributed by atoms with van der Waals surface area (Å²) in [5.41, 5.74) is 3.84. The van der Waals surface area contributed by atoms with Crippen LogP contribution in [0.1, 0.15) is 25.3 Å². The van der Waals surface area contributed by atoms with Crippen LogP contribution in [0.5, 0.6) is 5.75 Å². The second-order valence-electron chi connectivity index (χ2n) is 6.48. The quantitative estimate of drug-likeness (QED) is 0.405. The van der Waals surface area contributed by atoms with E-state index in [1.165, 1.54) is 0 Å². The maximum Gasteiger partial charge on any atom is 0.240 e. The molecule has 7 heteroatoms.